The van der Waals surface area contributed by atoms with Crippen molar-refractivity contribution in [2.75, 3.05) is 11.4 Å². The molecule has 0 saturated carbocycles. The zero-order valence-corrected chi connectivity index (χ0v) is 14.4. The molecule has 1 aliphatic rings. The highest BCUT2D eigenvalue weighted by molar-refractivity contribution is 6.37. The number of nitrogens with zero attached hydrogens (tertiary/aromatic N) is 1. The minimum Gasteiger partial charge on any atom is -0.375 e. The summed E-state index contributed by atoms with van der Waals surface area (Å²) in [6.45, 7) is 2.23. The lowest BCUT2D eigenvalue weighted by Crippen LogP contribution is -2.41. The first-order valence-corrected chi connectivity index (χ1v) is 8.26. The number of hydrogen-bond donors (Lipinski definition) is 1. The fourth-order valence-electron chi connectivity index (χ4n) is 3.03. The molecule has 24 heavy (non-hydrogen) atoms. The molecule has 1 unspecified atom stereocenters. The first-order valence-electron chi connectivity index (χ1n) is 7.50. The number of fused-ring (bicyclic) bond motifs is 1. The second-order valence-electron chi connectivity index (χ2n) is 5.65. The van der Waals surface area contributed by atoms with Gasteiger partial charge in [0.1, 0.15) is 0 Å². The summed E-state index contributed by atoms with van der Waals surface area (Å²) >= 11 is 11.9. The summed E-state index contributed by atoms with van der Waals surface area (Å²) in [5.74, 6) is -0.912. The van der Waals surface area contributed by atoms with E-state index in [-0.39, 0.29) is 17.0 Å². The molecule has 0 spiro atoms. The third kappa shape index (κ3) is 2.61. The Morgan fingerprint density at radius 3 is 2.58 bits per heavy atom. The molecule has 0 bridgehead atoms. The Morgan fingerprint density at radius 1 is 1.21 bits per heavy atom. The van der Waals surface area contributed by atoms with Crippen molar-refractivity contribution in [2.24, 2.45) is 0 Å². The van der Waals surface area contributed by atoms with Crippen LogP contribution in [0.1, 0.15) is 29.3 Å². The predicted molar refractivity (Wildman–Crippen MR) is 93.8 cm³/mol. The van der Waals surface area contributed by atoms with Gasteiger partial charge in [-0.3, -0.25) is 9.59 Å². The van der Waals surface area contributed by atoms with Crippen molar-refractivity contribution in [3.8, 4) is 0 Å². The number of hydrogen-bond acceptors (Lipinski definition) is 3. The average Bonchev–Trinajstić information content (AvgIpc) is 2.75. The number of anilines is 1. The van der Waals surface area contributed by atoms with E-state index in [1.165, 1.54) is 17.0 Å². The van der Waals surface area contributed by atoms with E-state index in [9.17, 15) is 14.7 Å². The van der Waals surface area contributed by atoms with Crippen LogP contribution in [0.4, 0.5) is 5.69 Å². The minimum atomic E-state index is -1.88. The van der Waals surface area contributed by atoms with Crippen LogP contribution in [0, 0.1) is 0 Å². The van der Waals surface area contributed by atoms with Gasteiger partial charge >= 0.3 is 0 Å². The van der Waals surface area contributed by atoms with Gasteiger partial charge in [-0.15, -0.1) is 0 Å². The molecule has 6 heteroatoms. The third-order valence-corrected chi connectivity index (χ3v) is 4.75. The highest BCUT2D eigenvalue weighted by atomic mass is 35.5. The Kier molecular flexibility index (Phi) is 4.38. The number of ketones is 1. The van der Waals surface area contributed by atoms with Gasteiger partial charge in [0.25, 0.3) is 5.91 Å². The highest BCUT2D eigenvalue weighted by Gasteiger charge is 2.50. The van der Waals surface area contributed by atoms with Gasteiger partial charge in [0.15, 0.2) is 11.4 Å². The quantitative estimate of drug-likeness (QED) is 0.840. The number of carbonyl (C=O) groups excluding carboxylic acids is 2. The number of para-hydroxylation sites is 1. The van der Waals surface area contributed by atoms with Gasteiger partial charge in [-0.2, -0.15) is 0 Å². The number of halogens is 2. The van der Waals surface area contributed by atoms with Crippen LogP contribution in [0.25, 0.3) is 0 Å². The Hall–Kier alpha value is -1.88. The smallest absolute Gasteiger partial charge is 0.264 e. The molecule has 3 rings (SSSR count). The maximum Gasteiger partial charge on any atom is 0.264 e. The van der Waals surface area contributed by atoms with Crippen molar-refractivity contribution >= 4 is 40.6 Å². The summed E-state index contributed by atoms with van der Waals surface area (Å²) < 4.78 is 0. The number of likely N-dealkylation sites (N-methyl/N-ethyl adjacent to an activating group) is 1. The second kappa shape index (κ2) is 6.20. The third-order valence-electron chi connectivity index (χ3n) is 4.20. The largest absolute Gasteiger partial charge is 0.375 e. The molecule has 1 atom stereocenters. The van der Waals surface area contributed by atoms with E-state index in [4.69, 9.17) is 23.2 Å². The first kappa shape index (κ1) is 17.0. The molecular formula is C18H15Cl2NO3. The van der Waals surface area contributed by atoms with Gasteiger partial charge in [-0.1, -0.05) is 41.4 Å². The van der Waals surface area contributed by atoms with Gasteiger partial charge in [0.05, 0.1) is 17.1 Å². The molecule has 1 aliphatic heterocycles. The van der Waals surface area contributed by atoms with Crippen LogP contribution in [0.5, 0.6) is 0 Å². The van der Waals surface area contributed by atoms with Crippen LogP contribution in [-0.2, 0) is 10.4 Å². The molecule has 0 aromatic heterocycles. The SMILES string of the molecule is CCN1C(=O)C(O)(CC(=O)c2ccc(Cl)cc2Cl)c2ccccc21. The van der Waals surface area contributed by atoms with Crippen LogP contribution < -0.4 is 4.90 Å². The Balaban J connectivity index is 1.99. The van der Waals surface area contributed by atoms with Gasteiger partial charge in [-0.05, 0) is 31.2 Å². The van der Waals surface area contributed by atoms with E-state index in [1.54, 1.807) is 30.3 Å². The molecular weight excluding hydrogens is 349 g/mol. The standard InChI is InChI=1S/C18H15Cl2NO3/c1-2-21-15-6-4-3-5-13(15)18(24,17(21)23)10-16(22)12-8-7-11(19)9-14(12)20/h3-9,24H,2,10H2,1H3. The number of Topliss-reactive ketones (excluding diaryl/α,β-unsaturated/α-hetero) is 1. The van der Waals surface area contributed by atoms with E-state index in [2.05, 4.69) is 0 Å². The van der Waals surface area contributed by atoms with Crippen LogP contribution in [0.15, 0.2) is 42.5 Å². The van der Waals surface area contributed by atoms with Gasteiger partial charge in [-0.25, -0.2) is 0 Å². The van der Waals surface area contributed by atoms with Crippen molar-refractivity contribution in [2.45, 2.75) is 18.9 Å². The molecule has 1 N–H and O–H groups in total. The molecule has 2 aromatic carbocycles. The fourth-order valence-corrected chi connectivity index (χ4v) is 3.55. The zero-order chi connectivity index (χ0) is 17.5. The molecule has 2 aromatic rings. The summed E-state index contributed by atoms with van der Waals surface area (Å²) in [5, 5.41) is 11.6. The molecule has 0 saturated heterocycles. The highest BCUT2D eigenvalue weighted by Crippen LogP contribution is 2.43. The van der Waals surface area contributed by atoms with Gasteiger partial charge in [0, 0.05) is 22.7 Å². The number of carbonyl (C=O) groups is 2. The molecule has 4 nitrogen and oxygen atoms in total. The van der Waals surface area contributed by atoms with E-state index >= 15 is 0 Å². The lowest BCUT2D eigenvalue weighted by Gasteiger charge is -2.22. The first-order chi connectivity index (χ1) is 11.4. The van der Waals surface area contributed by atoms with E-state index in [1.807, 2.05) is 6.92 Å². The van der Waals surface area contributed by atoms with Crippen molar-refractivity contribution in [3.63, 3.8) is 0 Å². The van der Waals surface area contributed by atoms with Gasteiger partial charge < -0.3 is 10.0 Å². The average molecular weight is 364 g/mol. The number of aliphatic hydroxyl groups is 1. The number of rotatable bonds is 4. The molecule has 124 valence electrons. The van der Waals surface area contributed by atoms with Crippen LogP contribution >= 0.6 is 23.2 Å². The molecule has 0 radical (unpaired) electrons. The summed E-state index contributed by atoms with van der Waals surface area (Å²) in [7, 11) is 0. The summed E-state index contributed by atoms with van der Waals surface area (Å²) in [6, 6.07) is 11.5. The van der Waals surface area contributed by atoms with E-state index < -0.39 is 17.3 Å². The minimum absolute atomic E-state index is 0.196. The number of benzene rings is 2. The van der Waals surface area contributed by atoms with Crippen LogP contribution in [0.3, 0.4) is 0 Å². The molecule has 1 heterocycles. The fraction of sp³-hybridized carbons (Fsp3) is 0.222. The van der Waals surface area contributed by atoms with Crippen molar-refractivity contribution < 1.29 is 14.7 Å². The van der Waals surface area contributed by atoms with Crippen molar-refractivity contribution in [1.82, 2.24) is 0 Å². The summed E-state index contributed by atoms with van der Waals surface area (Å²) in [4.78, 5) is 26.8. The molecule has 1 amide bonds. The summed E-state index contributed by atoms with van der Waals surface area (Å²) in [5.41, 5.74) is -0.584. The Labute approximate surface area is 149 Å². The molecule has 0 aliphatic carbocycles. The molecule has 0 fully saturated rings. The monoisotopic (exact) mass is 363 g/mol. The summed E-state index contributed by atoms with van der Waals surface area (Å²) in [6.07, 6.45) is -0.374. The Morgan fingerprint density at radius 2 is 1.92 bits per heavy atom. The lowest BCUT2D eigenvalue weighted by atomic mass is 9.88. The zero-order valence-electron chi connectivity index (χ0n) is 12.9. The lowest BCUT2D eigenvalue weighted by molar-refractivity contribution is -0.135. The normalized spacial score (nSPS) is 19.5. The number of amides is 1. The van der Waals surface area contributed by atoms with E-state index in [0.717, 1.165) is 0 Å². The maximum atomic E-state index is 12.7. The topological polar surface area (TPSA) is 57.6 Å². The van der Waals surface area contributed by atoms with Gasteiger partial charge in [0.2, 0.25) is 0 Å². The van der Waals surface area contributed by atoms with Crippen molar-refractivity contribution in [3.05, 3.63) is 63.6 Å². The second-order valence-corrected chi connectivity index (χ2v) is 6.49. The van der Waals surface area contributed by atoms with E-state index in [0.29, 0.717) is 22.8 Å². The van der Waals surface area contributed by atoms with Crippen molar-refractivity contribution in [1.29, 1.82) is 0 Å². The predicted octanol–water partition coefficient (Wildman–Crippen LogP) is 3.82. The van der Waals surface area contributed by atoms with Crippen LogP contribution in [0.2, 0.25) is 10.0 Å². The maximum absolute atomic E-state index is 12.7. The Bertz CT molecular complexity index is 837. The van der Waals surface area contributed by atoms with Crippen LogP contribution in [-0.4, -0.2) is 23.3 Å².